The molecule has 1 heterocycles. The first-order valence-electron chi connectivity index (χ1n) is 6.92. The van der Waals surface area contributed by atoms with Gasteiger partial charge in [-0.1, -0.05) is 6.92 Å². The van der Waals surface area contributed by atoms with Gasteiger partial charge in [-0.25, -0.2) is 4.79 Å². The number of hydrogen-bond acceptors (Lipinski definition) is 4. The van der Waals surface area contributed by atoms with Crippen LogP contribution in [0.15, 0.2) is 22.7 Å². The monoisotopic (exact) mass is 355 g/mol. The molecule has 0 spiro atoms. The van der Waals surface area contributed by atoms with Gasteiger partial charge in [0, 0.05) is 11.1 Å². The molecule has 114 valence electrons. The van der Waals surface area contributed by atoms with E-state index in [1.54, 1.807) is 25.1 Å². The molecule has 1 saturated heterocycles. The number of nitrogens with one attached hydrogen (secondary N) is 1. The van der Waals surface area contributed by atoms with Crippen molar-refractivity contribution in [2.75, 3.05) is 18.5 Å². The SMILES string of the molecule is CCOC(=O)c1ccc(NC(=O)C2OCCC2C)c(Br)c1. The lowest BCUT2D eigenvalue weighted by Gasteiger charge is -2.15. The maximum Gasteiger partial charge on any atom is 0.338 e. The van der Waals surface area contributed by atoms with Crippen molar-refractivity contribution in [2.45, 2.75) is 26.4 Å². The predicted octanol–water partition coefficient (Wildman–Crippen LogP) is 2.99. The van der Waals surface area contributed by atoms with E-state index in [0.717, 1.165) is 6.42 Å². The van der Waals surface area contributed by atoms with E-state index in [0.29, 0.717) is 28.9 Å². The van der Waals surface area contributed by atoms with Crippen molar-refractivity contribution in [1.29, 1.82) is 0 Å². The quantitative estimate of drug-likeness (QED) is 0.843. The van der Waals surface area contributed by atoms with E-state index < -0.39 is 6.10 Å². The lowest BCUT2D eigenvalue weighted by atomic mass is 10.0. The van der Waals surface area contributed by atoms with E-state index in [9.17, 15) is 9.59 Å². The summed E-state index contributed by atoms with van der Waals surface area (Å²) >= 11 is 3.36. The number of anilines is 1. The van der Waals surface area contributed by atoms with Crippen LogP contribution in [-0.4, -0.2) is 31.2 Å². The molecule has 2 rings (SSSR count). The highest BCUT2D eigenvalue weighted by Gasteiger charge is 2.31. The molecule has 0 saturated carbocycles. The molecule has 0 radical (unpaired) electrons. The van der Waals surface area contributed by atoms with Gasteiger partial charge in [-0.05, 0) is 53.4 Å². The minimum atomic E-state index is -0.415. The lowest BCUT2D eigenvalue weighted by molar-refractivity contribution is -0.126. The second-order valence-corrected chi connectivity index (χ2v) is 5.82. The van der Waals surface area contributed by atoms with Crippen LogP contribution in [0, 0.1) is 5.92 Å². The van der Waals surface area contributed by atoms with Gasteiger partial charge in [0.05, 0.1) is 17.9 Å². The van der Waals surface area contributed by atoms with Crippen LogP contribution in [-0.2, 0) is 14.3 Å². The fraction of sp³-hybridized carbons (Fsp3) is 0.467. The van der Waals surface area contributed by atoms with Gasteiger partial charge in [0.1, 0.15) is 6.10 Å². The van der Waals surface area contributed by atoms with Gasteiger partial charge in [0.2, 0.25) is 0 Å². The molecule has 5 nitrogen and oxygen atoms in total. The van der Waals surface area contributed by atoms with E-state index in [1.807, 2.05) is 6.92 Å². The molecule has 2 unspecified atom stereocenters. The maximum absolute atomic E-state index is 12.2. The number of carbonyl (C=O) groups is 2. The molecule has 1 N–H and O–H groups in total. The highest BCUT2D eigenvalue weighted by molar-refractivity contribution is 9.10. The minimum absolute atomic E-state index is 0.162. The van der Waals surface area contributed by atoms with Crippen LogP contribution in [0.5, 0.6) is 0 Å². The normalized spacial score (nSPS) is 21.1. The van der Waals surface area contributed by atoms with Crippen molar-refractivity contribution in [3.63, 3.8) is 0 Å². The average Bonchev–Trinajstić information content (AvgIpc) is 2.87. The minimum Gasteiger partial charge on any atom is -0.462 e. The molecule has 2 atom stereocenters. The third kappa shape index (κ3) is 3.83. The molecule has 0 aromatic heterocycles. The smallest absolute Gasteiger partial charge is 0.338 e. The Kier molecular flexibility index (Phi) is 5.36. The summed E-state index contributed by atoms with van der Waals surface area (Å²) in [6, 6.07) is 4.93. The number of amides is 1. The van der Waals surface area contributed by atoms with Crippen LogP contribution in [0.3, 0.4) is 0 Å². The van der Waals surface area contributed by atoms with Crippen LogP contribution in [0.1, 0.15) is 30.6 Å². The third-order valence-corrected chi connectivity index (χ3v) is 4.04. The van der Waals surface area contributed by atoms with Crippen LogP contribution in [0.25, 0.3) is 0 Å². The molecule has 0 aliphatic carbocycles. The standard InChI is InChI=1S/C15H18BrNO4/c1-3-20-15(19)10-4-5-12(11(16)8-10)17-14(18)13-9(2)6-7-21-13/h4-5,8-9,13H,3,6-7H2,1-2H3,(H,17,18). The molecule has 1 fully saturated rings. The Morgan fingerprint density at radius 1 is 1.48 bits per heavy atom. The molecule has 0 bridgehead atoms. The van der Waals surface area contributed by atoms with Gasteiger partial charge in [0.25, 0.3) is 5.91 Å². The number of benzene rings is 1. The molecular formula is C15H18BrNO4. The Labute approximate surface area is 132 Å². The maximum atomic E-state index is 12.2. The van der Waals surface area contributed by atoms with Crippen LogP contribution in [0.4, 0.5) is 5.69 Å². The summed E-state index contributed by atoms with van der Waals surface area (Å²) < 4.78 is 11.0. The summed E-state index contributed by atoms with van der Waals surface area (Å²) in [6.07, 6.45) is 0.475. The Morgan fingerprint density at radius 3 is 2.81 bits per heavy atom. The molecule has 1 aliphatic heterocycles. The second kappa shape index (κ2) is 7.04. The van der Waals surface area contributed by atoms with E-state index in [2.05, 4.69) is 21.2 Å². The summed E-state index contributed by atoms with van der Waals surface area (Å²) in [7, 11) is 0. The third-order valence-electron chi connectivity index (χ3n) is 3.38. The summed E-state index contributed by atoms with van der Waals surface area (Å²) in [5.41, 5.74) is 1.04. The van der Waals surface area contributed by atoms with Gasteiger partial charge in [-0.2, -0.15) is 0 Å². The summed E-state index contributed by atoms with van der Waals surface area (Å²) in [5.74, 6) is -0.337. The lowest BCUT2D eigenvalue weighted by Crippen LogP contribution is -2.31. The Morgan fingerprint density at radius 2 is 2.24 bits per heavy atom. The molecule has 6 heteroatoms. The van der Waals surface area contributed by atoms with E-state index in [-0.39, 0.29) is 17.8 Å². The summed E-state index contributed by atoms with van der Waals surface area (Å²) in [4.78, 5) is 23.8. The van der Waals surface area contributed by atoms with E-state index in [1.165, 1.54) is 0 Å². The Balaban J connectivity index is 2.07. The predicted molar refractivity (Wildman–Crippen MR) is 82.2 cm³/mol. The van der Waals surface area contributed by atoms with Gasteiger partial charge in [-0.15, -0.1) is 0 Å². The van der Waals surface area contributed by atoms with Crippen molar-refractivity contribution >= 4 is 33.5 Å². The first-order valence-corrected chi connectivity index (χ1v) is 7.71. The highest BCUT2D eigenvalue weighted by atomic mass is 79.9. The molecule has 1 aliphatic rings. The summed E-state index contributed by atoms with van der Waals surface area (Å²) in [5, 5.41) is 2.82. The van der Waals surface area contributed by atoms with Gasteiger partial charge >= 0.3 is 5.97 Å². The number of rotatable bonds is 4. The van der Waals surface area contributed by atoms with Gasteiger partial charge in [-0.3, -0.25) is 4.79 Å². The van der Waals surface area contributed by atoms with Crippen LogP contribution < -0.4 is 5.32 Å². The topological polar surface area (TPSA) is 64.6 Å². The van der Waals surface area contributed by atoms with Crippen molar-refractivity contribution < 1.29 is 19.1 Å². The van der Waals surface area contributed by atoms with Crippen molar-refractivity contribution in [3.8, 4) is 0 Å². The zero-order chi connectivity index (χ0) is 15.4. The Bertz CT molecular complexity index is 546. The van der Waals surface area contributed by atoms with E-state index in [4.69, 9.17) is 9.47 Å². The first-order chi connectivity index (χ1) is 10.0. The molecule has 1 aromatic carbocycles. The zero-order valence-corrected chi connectivity index (χ0v) is 13.6. The zero-order valence-electron chi connectivity index (χ0n) is 12.0. The van der Waals surface area contributed by atoms with Crippen LogP contribution in [0.2, 0.25) is 0 Å². The summed E-state index contributed by atoms with van der Waals surface area (Å²) in [6.45, 7) is 4.69. The Hall–Kier alpha value is -1.40. The molecule has 1 amide bonds. The van der Waals surface area contributed by atoms with Gasteiger partial charge < -0.3 is 14.8 Å². The van der Waals surface area contributed by atoms with Crippen molar-refractivity contribution in [1.82, 2.24) is 0 Å². The number of halogens is 1. The first kappa shape index (κ1) is 16.0. The molecule has 1 aromatic rings. The molecule has 21 heavy (non-hydrogen) atoms. The number of esters is 1. The fourth-order valence-electron chi connectivity index (χ4n) is 2.19. The number of ether oxygens (including phenoxy) is 2. The molecular weight excluding hydrogens is 338 g/mol. The largest absolute Gasteiger partial charge is 0.462 e. The average molecular weight is 356 g/mol. The van der Waals surface area contributed by atoms with E-state index >= 15 is 0 Å². The van der Waals surface area contributed by atoms with Crippen molar-refractivity contribution in [2.24, 2.45) is 5.92 Å². The van der Waals surface area contributed by atoms with Crippen LogP contribution >= 0.6 is 15.9 Å². The second-order valence-electron chi connectivity index (χ2n) is 4.96. The highest BCUT2D eigenvalue weighted by Crippen LogP contribution is 2.26. The van der Waals surface area contributed by atoms with Crippen molar-refractivity contribution in [3.05, 3.63) is 28.2 Å². The fourth-order valence-corrected chi connectivity index (χ4v) is 2.67. The number of hydrogen-bond donors (Lipinski definition) is 1. The van der Waals surface area contributed by atoms with Gasteiger partial charge in [0.15, 0.2) is 0 Å². The number of carbonyl (C=O) groups excluding carboxylic acids is 2.